The number of phenols is 1. The van der Waals surface area contributed by atoms with E-state index in [1.807, 2.05) is 38.1 Å². The van der Waals surface area contributed by atoms with Crippen LogP contribution < -0.4 is 4.90 Å². The third-order valence-corrected chi connectivity index (χ3v) is 11.3. The molecule has 6 aromatic rings. The summed E-state index contributed by atoms with van der Waals surface area (Å²) in [7, 11) is 3.89. The van der Waals surface area contributed by atoms with Gasteiger partial charge in [0, 0.05) is 51.5 Å². The normalized spacial score (nSPS) is 12.0. The number of rotatable bonds is 2. The molecule has 0 atom stereocenters. The summed E-state index contributed by atoms with van der Waals surface area (Å²) in [4.78, 5) is 14.9. The summed E-state index contributed by atoms with van der Waals surface area (Å²) in [5, 5.41) is 14.9. The van der Waals surface area contributed by atoms with Gasteiger partial charge in [-0.3, -0.25) is 4.57 Å². The number of pyridine rings is 1. The maximum absolute atomic E-state index is 10.8. The Morgan fingerprint density at radius 1 is 0.972 bits per heavy atom. The number of H-pyrrole nitrogens is 1. The first-order chi connectivity index (χ1) is 17.1. The molecule has 0 aliphatic heterocycles. The standard InChI is InChI=1S/C25H16Br4ClN5O/c1-9-8-31-24(30)15-12-5-4-10-6-11(36)7-13(14(10)21(12)32-20(9)15)35-23-19(29)17(27)16(26)18(28)22(23)33-25(35)34(2)3/h4-8,32,36H,1-3H3. The van der Waals surface area contributed by atoms with Crippen LogP contribution in [0.15, 0.2) is 48.4 Å². The molecule has 3 aromatic carbocycles. The Labute approximate surface area is 244 Å². The summed E-state index contributed by atoms with van der Waals surface area (Å²) in [6.07, 6.45) is 1.77. The Morgan fingerprint density at radius 2 is 1.69 bits per heavy atom. The number of nitrogens with zero attached hydrogens (tertiary/aromatic N) is 4. The van der Waals surface area contributed by atoms with Gasteiger partial charge in [0.25, 0.3) is 0 Å². The number of aromatic hydroxyl groups is 1. The molecule has 0 aliphatic carbocycles. The molecule has 36 heavy (non-hydrogen) atoms. The maximum Gasteiger partial charge on any atom is 0.210 e. The molecule has 0 bridgehead atoms. The van der Waals surface area contributed by atoms with Crippen LogP contribution in [-0.4, -0.2) is 38.7 Å². The first kappa shape index (κ1) is 24.5. The molecule has 3 heterocycles. The van der Waals surface area contributed by atoms with Gasteiger partial charge in [-0.2, -0.15) is 0 Å². The van der Waals surface area contributed by atoms with Crippen molar-refractivity contribution in [2.75, 3.05) is 19.0 Å². The second-order valence-corrected chi connectivity index (χ2v) is 12.3. The number of aryl methyl sites for hydroxylation is 1. The fraction of sp³-hybridized carbons (Fsp3) is 0.120. The van der Waals surface area contributed by atoms with Gasteiger partial charge in [-0.15, -0.1) is 0 Å². The Bertz CT molecular complexity index is 1910. The molecule has 6 rings (SSSR count). The Balaban J connectivity index is 1.88. The highest BCUT2D eigenvalue weighted by atomic mass is 79.9. The van der Waals surface area contributed by atoms with E-state index in [0.29, 0.717) is 11.1 Å². The number of hydrogen-bond donors (Lipinski definition) is 2. The fourth-order valence-corrected chi connectivity index (χ4v) is 7.34. The molecular formula is C25H16Br4ClN5O. The third kappa shape index (κ3) is 3.37. The van der Waals surface area contributed by atoms with Crippen LogP contribution in [0.4, 0.5) is 5.95 Å². The number of anilines is 1. The summed E-state index contributed by atoms with van der Waals surface area (Å²) >= 11 is 21.4. The van der Waals surface area contributed by atoms with Gasteiger partial charge in [-0.05, 0) is 87.7 Å². The number of nitrogens with one attached hydrogen (secondary N) is 1. The van der Waals surface area contributed by atoms with Crippen LogP contribution in [0, 0.1) is 6.92 Å². The SMILES string of the molecule is Cc1cnc(Cl)c2c1[nH]c1c2ccc2cc(O)cc(-n3c(N(C)C)nc4c(Br)c(Br)c(Br)c(Br)c43)c21. The van der Waals surface area contributed by atoms with Crippen molar-refractivity contribution in [3.63, 3.8) is 0 Å². The monoisotopic (exact) mass is 753 g/mol. The predicted molar refractivity (Wildman–Crippen MR) is 162 cm³/mol. The number of halogens is 5. The predicted octanol–water partition coefficient (Wildman–Crippen LogP) is 8.99. The largest absolute Gasteiger partial charge is 0.508 e. The molecule has 11 heteroatoms. The quantitative estimate of drug-likeness (QED) is 0.105. The van der Waals surface area contributed by atoms with Crippen molar-refractivity contribution in [1.29, 1.82) is 0 Å². The van der Waals surface area contributed by atoms with E-state index in [1.54, 1.807) is 18.3 Å². The molecule has 0 amide bonds. The lowest BCUT2D eigenvalue weighted by molar-refractivity contribution is 0.476. The number of aromatic nitrogens is 4. The minimum absolute atomic E-state index is 0.154. The van der Waals surface area contributed by atoms with Crippen LogP contribution in [0.2, 0.25) is 5.15 Å². The van der Waals surface area contributed by atoms with E-state index in [2.05, 4.69) is 78.3 Å². The van der Waals surface area contributed by atoms with E-state index in [-0.39, 0.29) is 5.75 Å². The molecule has 0 saturated heterocycles. The van der Waals surface area contributed by atoms with Gasteiger partial charge in [0.1, 0.15) is 16.4 Å². The first-order valence-electron chi connectivity index (χ1n) is 10.7. The lowest BCUT2D eigenvalue weighted by Gasteiger charge is -2.18. The molecule has 182 valence electrons. The number of phenolic OH excluding ortho intramolecular Hbond substituents is 1. The number of hydrogen-bond acceptors (Lipinski definition) is 4. The van der Waals surface area contributed by atoms with Crippen molar-refractivity contribution in [1.82, 2.24) is 19.5 Å². The van der Waals surface area contributed by atoms with Crippen LogP contribution in [0.5, 0.6) is 5.75 Å². The highest BCUT2D eigenvalue weighted by Gasteiger charge is 2.25. The zero-order chi connectivity index (χ0) is 25.6. The van der Waals surface area contributed by atoms with Crippen molar-refractivity contribution >= 4 is 125 Å². The highest BCUT2D eigenvalue weighted by Crippen LogP contribution is 2.47. The van der Waals surface area contributed by atoms with Crippen LogP contribution in [0.3, 0.4) is 0 Å². The maximum atomic E-state index is 10.8. The number of imidazole rings is 1. The zero-order valence-corrected chi connectivity index (χ0v) is 26.1. The van der Waals surface area contributed by atoms with Crippen LogP contribution >= 0.6 is 75.3 Å². The molecule has 6 nitrogen and oxygen atoms in total. The summed E-state index contributed by atoms with van der Waals surface area (Å²) in [5.41, 5.74) is 5.24. The summed E-state index contributed by atoms with van der Waals surface area (Å²) in [6, 6.07) is 7.55. The molecule has 0 saturated carbocycles. The van der Waals surface area contributed by atoms with Gasteiger partial charge < -0.3 is 15.0 Å². The zero-order valence-electron chi connectivity index (χ0n) is 19.0. The number of fused-ring (bicyclic) bond motifs is 6. The third-order valence-electron chi connectivity index (χ3n) is 6.32. The second kappa shape index (κ2) is 8.59. The van der Waals surface area contributed by atoms with E-state index in [1.165, 1.54) is 0 Å². The van der Waals surface area contributed by atoms with Crippen molar-refractivity contribution in [3.05, 3.63) is 59.1 Å². The molecule has 0 fully saturated rings. The second-order valence-electron chi connectivity index (χ2n) is 8.75. The van der Waals surface area contributed by atoms with Crippen molar-refractivity contribution in [2.24, 2.45) is 0 Å². The smallest absolute Gasteiger partial charge is 0.210 e. The fourth-order valence-electron chi connectivity index (χ4n) is 4.75. The Kier molecular flexibility index (Phi) is 5.84. The van der Waals surface area contributed by atoms with Gasteiger partial charge in [-0.1, -0.05) is 23.7 Å². The van der Waals surface area contributed by atoms with Gasteiger partial charge in [0.2, 0.25) is 5.95 Å². The summed E-state index contributed by atoms with van der Waals surface area (Å²) in [6.45, 7) is 2.01. The number of aromatic amines is 1. The molecular weight excluding hydrogens is 741 g/mol. The first-order valence-corrected chi connectivity index (χ1v) is 14.3. The minimum Gasteiger partial charge on any atom is -0.508 e. The van der Waals surface area contributed by atoms with E-state index in [4.69, 9.17) is 16.6 Å². The molecule has 0 aliphatic rings. The van der Waals surface area contributed by atoms with E-state index in [0.717, 1.165) is 72.8 Å². The summed E-state index contributed by atoms with van der Waals surface area (Å²) in [5.74, 6) is 0.856. The molecule has 0 unspecified atom stereocenters. The Morgan fingerprint density at radius 3 is 2.42 bits per heavy atom. The van der Waals surface area contributed by atoms with Crippen molar-refractivity contribution < 1.29 is 5.11 Å². The van der Waals surface area contributed by atoms with Crippen molar-refractivity contribution in [3.8, 4) is 11.4 Å². The topological polar surface area (TPSA) is 70.0 Å². The van der Waals surface area contributed by atoms with Crippen molar-refractivity contribution in [2.45, 2.75) is 6.92 Å². The van der Waals surface area contributed by atoms with Gasteiger partial charge in [-0.25, -0.2) is 9.97 Å². The minimum atomic E-state index is 0.154. The molecule has 3 aromatic heterocycles. The average molecular weight is 758 g/mol. The highest BCUT2D eigenvalue weighted by molar-refractivity contribution is 9.15. The number of benzene rings is 3. The molecule has 2 N–H and O–H groups in total. The van der Waals surface area contributed by atoms with E-state index >= 15 is 0 Å². The van der Waals surface area contributed by atoms with Crippen LogP contribution in [-0.2, 0) is 0 Å². The van der Waals surface area contributed by atoms with Gasteiger partial charge in [0.05, 0.1) is 31.2 Å². The Hall–Kier alpha value is -1.85. The molecule has 0 spiro atoms. The van der Waals surface area contributed by atoms with Crippen LogP contribution in [0.25, 0.3) is 49.3 Å². The van der Waals surface area contributed by atoms with E-state index < -0.39 is 0 Å². The summed E-state index contributed by atoms with van der Waals surface area (Å²) < 4.78 is 5.41. The van der Waals surface area contributed by atoms with Crippen LogP contribution in [0.1, 0.15) is 5.56 Å². The lowest BCUT2D eigenvalue weighted by atomic mass is 10.0. The van der Waals surface area contributed by atoms with Gasteiger partial charge >= 0.3 is 0 Å². The molecule has 0 radical (unpaired) electrons. The van der Waals surface area contributed by atoms with E-state index in [9.17, 15) is 5.11 Å². The van der Waals surface area contributed by atoms with Gasteiger partial charge in [0.15, 0.2) is 0 Å². The average Bonchev–Trinajstić information content (AvgIpc) is 3.43. The lowest BCUT2D eigenvalue weighted by Crippen LogP contribution is -2.15.